The molecule has 0 aliphatic carbocycles. The van der Waals surface area contributed by atoms with Crippen molar-refractivity contribution in [2.24, 2.45) is 0 Å². The van der Waals surface area contributed by atoms with Crippen LogP contribution in [0.3, 0.4) is 0 Å². The topological polar surface area (TPSA) is 32.7 Å². The van der Waals surface area contributed by atoms with Gasteiger partial charge in [-0.15, -0.1) is 0 Å². The molecule has 3 heteroatoms. The first-order valence-electron chi connectivity index (χ1n) is 5.55. The van der Waals surface area contributed by atoms with E-state index in [1.807, 2.05) is 19.0 Å². The summed E-state index contributed by atoms with van der Waals surface area (Å²) in [5, 5.41) is 9.42. The molecule has 1 N–H and O–H groups in total. The fourth-order valence-electron chi connectivity index (χ4n) is 1.45. The molecule has 0 saturated heterocycles. The summed E-state index contributed by atoms with van der Waals surface area (Å²) in [5.74, 6) is 0. The first-order valence-corrected chi connectivity index (χ1v) is 5.55. The third-order valence-electron chi connectivity index (χ3n) is 2.21. The van der Waals surface area contributed by atoms with E-state index in [1.54, 1.807) is 6.92 Å². The van der Waals surface area contributed by atoms with Crippen LogP contribution in [-0.2, 0) is 4.74 Å². The maximum absolute atomic E-state index is 9.42. The van der Waals surface area contributed by atoms with E-state index < -0.39 is 6.10 Å². The molecule has 0 radical (unpaired) electrons. The highest BCUT2D eigenvalue weighted by molar-refractivity contribution is 4.60. The monoisotopic (exact) mass is 203 g/mol. The number of likely N-dealkylation sites (N-methyl/N-ethyl adjacent to an activating group) is 1. The fourth-order valence-corrected chi connectivity index (χ4v) is 1.45. The average Bonchev–Trinajstić information content (AvgIpc) is 2.09. The molecule has 0 fully saturated rings. The molecule has 3 nitrogen and oxygen atoms in total. The summed E-state index contributed by atoms with van der Waals surface area (Å²) in [6, 6.07) is 0. The molecular weight excluding hydrogens is 178 g/mol. The van der Waals surface area contributed by atoms with E-state index in [2.05, 4.69) is 6.92 Å². The van der Waals surface area contributed by atoms with Crippen LogP contribution in [0, 0.1) is 0 Å². The Hall–Kier alpha value is -0.120. The molecule has 0 heterocycles. The minimum Gasteiger partial charge on any atom is -0.389 e. The highest BCUT2D eigenvalue weighted by Crippen LogP contribution is 2.05. The minimum atomic E-state index is -0.434. The van der Waals surface area contributed by atoms with Gasteiger partial charge in [0.15, 0.2) is 0 Å². The molecule has 0 aromatic heterocycles. The number of hydrogen-bond donors (Lipinski definition) is 1. The molecule has 0 bridgehead atoms. The molecule has 0 saturated carbocycles. The zero-order valence-electron chi connectivity index (χ0n) is 9.99. The molecule has 2 atom stereocenters. The van der Waals surface area contributed by atoms with Crippen molar-refractivity contribution in [1.29, 1.82) is 0 Å². The highest BCUT2D eigenvalue weighted by atomic mass is 16.5. The van der Waals surface area contributed by atoms with Gasteiger partial charge in [0.1, 0.15) is 6.23 Å². The van der Waals surface area contributed by atoms with Crippen LogP contribution in [0.5, 0.6) is 0 Å². The average molecular weight is 203 g/mol. The predicted molar refractivity (Wildman–Crippen MR) is 59.2 cm³/mol. The van der Waals surface area contributed by atoms with Crippen molar-refractivity contribution >= 4 is 0 Å². The Morgan fingerprint density at radius 3 is 2.29 bits per heavy atom. The van der Waals surface area contributed by atoms with Gasteiger partial charge in [-0.25, -0.2) is 0 Å². The second-order valence-electron chi connectivity index (χ2n) is 4.03. The number of aliphatic hydroxyl groups excluding tert-OH is 1. The van der Waals surface area contributed by atoms with Crippen LogP contribution < -0.4 is 0 Å². The molecular formula is C11H25NO2. The van der Waals surface area contributed by atoms with Gasteiger partial charge >= 0.3 is 0 Å². The van der Waals surface area contributed by atoms with Gasteiger partial charge in [-0.1, -0.05) is 26.2 Å². The van der Waals surface area contributed by atoms with Crippen LogP contribution in [0.2, 0.25) is 0 Å². The maximum Gasteiger partial charge on any atom is 0.136 e. The lowest BCUT2D eigenvalue weighted by atomic mass is 10.2. The lowest BCUT2D eigenvalue weighted by Crippen LogP contribution is -2.39. The van der Waals surface area contributed by atoms with Crippen LogP contribution in [0.25, 0.3) is 0 Å². The Balaban J connectivity index is 3.52. The van der Waals surface area contributed by atoms with Crippen LogP contribution in [0.15, 0.2) is 0 Å². The summed E-state index contributed by atoms with van der Waals surface area (Å²) >= 11 is 0. The highest BCUT2D eigenvalue weighted by Gasteiger charge is 2.16. The summed E-state index contributed by atoms with van der Waals surface area (Å²) in [4.78, 5) is 1.91. The van der Waals surface area contributed by atoms with Crippen molar-refractivity contribution < 1.29 is 9.84 Å². The predicted octanol–water partition coefficient (Wildman–Crippen LogP) is 1.85. The van der Waals surface area contributed by atoms with Gasteiger partial charge in [0, 0.05) is 6.61 Å². The summed E-state index contributed by atoms with van der Waals surface area (Å²) in [6.07, 6.45) is 4.22. The standard InChI is InChI=1S/C11H25NO2/c1-5-6-7-8-9-14-11(10(2)13)12(3)4/h10-11,13H,5-9H2,1-4H3. The summed E-state index contributed by atoms with van der Waals surface area (Å²) < 4.78 is 5.59. The Labute approximate surface area is 88.1 Å². The van der Waals surface area contributed by atoms with E-state index in [9.17, 15) is 5.11 Å². The van der Waals surface area contributed by atoms with E-state index in [-0.39, 0.29) is 6.23 Å². The Kier molecular flexibility index (Phi) is 8.14. The third-order valence-corrected chi connectivity index (χ3v) is 2.21. The maximum atomic E-state index is 9.42. The van der Waals surface area contributed by atoms with Crippen LogP contribution >= 0.6 is 0 Å². The SMILES string of the molecule is CCCCCCOC(C(C)O)N(C)C. The van der Waals surface area contributed by atoms with Crippen molar-refractivity contribution in [3.63, 3.8) is 0 Å². The molecule has 0 amide bonds. The van der Waals surface area contributed by atoms with Crippen molar-refractivity contribution in [2.45, 2.75) is 51.9 Å². The van der Waals surface area contributed by atoms with E-state index in [1.165, 1.54) is 19.3 Å². The number of nitrogens with zero attached hydrogens (tertiary/aromatic N) is 1. The van der Waals surface area contributed by atoms with Crippen molar-refractivity contribution in [2.75, 3.05) is 20.7 Å². The molecule has 0 aromatic rings. The van der Waals surface area contributed by atoms with Crippen LogP contribution in [-0.4, -0.2) is 43.0 Å². The van der Waals surface area contributed by atoms with E-state index in [0.717, 1.165) is 13.0 Å². The second kappa shape index (κ2) is 8.21. The van der Waals surface area contributed by atoms with Gasteiger partial charge in [0.05, 0.1) is 6.10 Å². The molecule has 86 valence electrons. The summed E-state index contributed by atoms with van der Waals surface area (Å²) in [7, 11) is 3.84. The molecule has 14 heavy (non-hydrogen) atoms. The molecule has 0 aromatic carbocycles. The molecule has 0 spiro atoms. The first kappa shape index (κ1) is 13.9. The smallest absolute Gasteiger partial charge is 0.136 e. The fraction of sp³-hybridized carbons (Fsp3) is 1.00. The van der Waals surface area contributed by atoms with Crippen molar-refractivity contribution in [3.8, 4) is 0 Å². The summed E-state index contributed by atoms with van der Waals surface area (Å²) in [6.45, 7) is 4.70. The Bertz CT molecular complexity index is 118. The summed E-state index contributed by atoms with van der Waals surface area (Å²) in [5.41, 5.74) is 0. The van der Waals surface area contributed by atoms with E-state index >= 15 is 0 Å². The molecule has 0 rings (SSSR count). The van der Waals surface area contributed by atoms with Crippen LogP contribution in [0.4, 0.5) is 0 Å². The zero-order valence-corrected chi connectivity index (χ0v) is 9.99. The second-order valence-corrected chi connectivity index (χ2v) is 4.03. The van der Waals surface area contributed by atoms with E-state index in [0.29, 0.717) is 0 Å². The van der Waals surface area contributed by atoms with Gasteiger partial charge in [0.25, 0.3) is 0 Å². The quantitative estimate of drug-likeness (QED) is 0.483. The number of rotatable bonds is 8. The zero-order chi connectivity index (χ0) is 11.0. The first-order chi connectivity index (χ1) is 6.59. The third kappa shape index (κ3) is 6.35. The van der Waals surface area contributed by atoms with Crippen molar-refractivity contribution in [3.05, 3.63) is 0 Å². The van der Waals surface area contributed by atoms with Crippen LogP contribution in [0.1, 0.15) is 39.5 Å². The van der Waals surface area contributed by atoms with Crippen molar-refractivity contribution in [1.82, 2.24) is 4.90 Å². The molecule has 2 unspecified atom stereocenters. The Morgan fingerprint density at radius 2 is 1.86 bits per heavy atom. The number of hydrogen-bond acceptors (Lipinski definition) is 3. The van der Waals surface area contributed by atoms with E-state index in [4.69, 9.17) is 4.74 Å². The normalized spacial score (nSPS) is 15.9. The van der Waals surface area contributed by atoms with Gasteiger partial charge in [-0.05, 0) is 27.4 Å². The number of unbranched alkanes of at least 4 members (excludes halogenated alkanes) is 3. The minimum absolute atomic E-state index is 0.170. The largest absolute Gasteiger partial charge is 0.389 e. The van der Waals surface area contributed by atoms with Gasteiger partial charge in [0.2, 0.25) is 0 Å². The lowest BCUT2D eigenvalue weighted by Gasteiger charge is -2.26. The van der Waals surface area contributed by atoms with Gasteiger partial charge in [-0.3, -0.25) is 4.90 Å². The number of aliphatic hydroxyl groups is 1. The Morgan fingerprint density at radius 1 is 1.21 bits per heavy atom. The lowest BCUT2D eigenvalue weighted by molar-refractivity contribution is -0.102. The molecule has 0 aliphatic heterocycles. The van der Waals surface area contributed by atoms with Gasteiger partial charge in [-0.2, -0.15) is 0 Å². The van der Waals surface area contributed by atoms with Gasteiger partial charge < -0.3 is 9.84 Å². The number of ether oxygens (including phenoxy) is 1. The molecule has 0 aliphatic rings.